The Balaban J connectivity index is 2.10. The highest BCUT2D eigenvalue weighted by molar-refractivity contribution is 7.89. The largest absolute Gasteiger partial charge is 0.242 e. The number of sulfonamides is 1. The summed E-state index contributed by atoms with van der Waals surface area (Å²) in [6.45, 7) is 1.92. The van der Waals surface area contributed by atoms with Crippen molar-refractivity contribution in [1.82, 2.24) is 4.72 Å². The van der Waals surface area contributed by atoms with E-state index in [2.05, 4.69) is 4.72 Å². The normalized spacial score (nSPS) is 11.7. The minimum Gasteiger partial charge on any atom is -0.211 e. The first-order valence-electron chi connectivity index (χ1n) is 6.60. The van der Waals surface area contributed by atoms with Gasteiger partial charge in [-0.15, -0.1) is 0 Å². The second-order valence-corrected chi connectivity index (χ2v) is 8.29. The van der Waals surface area contributed by atoms with Crippen molar-refractivity contribution in [3.8, 4) is 0 Å². The lowest BCUT2D eigenvalue weighted by Crippen LogP contribution is -2.26. The van der Waals surface area contributed by atoms with Crippen LogP contribution >= 0.6 is 46.4 Å². The van der Waals surface area contributed by atoms with Gasteiger partial charge in [-0.1, -0.05) is 52.5 Å². The van der Waals surface area contributed by atoms with Crippen LogP contribution in [0, 0.1) is 6.92 Å². The van der Waals surface area contributed by atoms with Crippen molar-refractivity contribution in [2.24, 2.45) is 0 Å². The summed E-state index contributed by atoms with van der Waals surface area (Å²) in [4.78, 5) is 0.00945. The van der Waals surface area contributed by atoms with E-state index in [9.17, 15) is 8.42 Å². The quantitative estimate of drug-likeness (QED) is 0.739. The number of nitrogens with one attached hydrogen (secondary N) is 1. The molecule has 0 saturated carbocycles. The first-order valence-corrected chi connectivity index (χ1v) is 9.59. The van der Waals surface area contributed by atoms with E-state index in [1.54, 1.807) is 25.1 Å². The molecule has 2 aromatic rings. The van der Waals surface area contributed by atoms with Crippen LogP contribution in [0.5, 0.6) is 0 Å². The van der Waals surface area contributed by atoms with Crippen LogP contribution in [0.4, 0.5) is 0 Å². The van der Waals surface area contributed by atoms with Gasteiger partial charge in [-0.05, 0) is 48.7 Å². The third-order valence-electron chi connectivity index (χ3n) is 3.19. The van der Waals surface area contributed by atoms with Crippen molar-refractivity contribution in [3.63, 3.8) is 0 Å². The molecule has 0 heterocycles. The lowest BCUT2D eigenvalue weighted by atomic mass is 10.1. The van der Waals surface area contributed by atoms with Crippen LogP contribution in [-0.4, -0.2) is 15.0 Å². The third-order valence-corrected chi connectivity index (χ3v) is 6.26. The lowest BCUT2D eigenvalue weighted by molar-refractivity contribution is 0.581. The molecule has 0 fully saturated rings. The SMILES string of the molecule is Cc1cc(S(=O)(=O)NCCc2ccc(Cl)c(Cl)c2)c(Cl)cc1Cl. The summed E-state index contributed by atoms with van der Waals surface area (Å²) >= 11 is 23.7. The van der Waals surface area contributed by atoms with E-state index in [0.717, 1.165) is 5.56 Å². The number of benzene rings is 2. The summed E-state index contributed by atoms with van der Waals surface area (Å²) in [6.07, 6.45) is 0.473. The molecule has 0 aliphatic heterocycles. The molecule has 1 N–H and O–H groups in total. The van der Waals surface area contributed by atoms with Crippen LogP contribution in [-0.2, 0) is 16.4 Å². The van der Waals surface area contributed by atoms with Gasteiger partial charge in [0.2, 0.25) is 10.0 Å². The van der Waals surface area contributed by atoms with Crippen molar-refractivity contribution in [2.45, 2.75) is 18.2 Å². The zero-order chi connectivity index (χ0) is 17.2. The van der Waals surface area contributed by atoms with Crippen LogP contribution in [0.2, 0.25) is 20.1 Å². The summed E-state index contributed by atoms with van der Waals surface area (Å²) in [7, 11) is -3.72. The van der Waals surface area contributed by atoms with Gasteiger partial charge in [0.15, 0.2) is 0 Å². The number of hydrogen-bond donors (Lipinski definition) is 1. The van der Waals surface area contributed by atoms with E-state index in [1.165, 1.54) is 12.1 Å². The topological polar surface area (TPSA) is 46.2 Å². The molecule has 3 nitrogen and oxygen atoms in total. The lowest BCUT2D eigenvalue weighted by Gasteiger charge is -2.10. The van der Waals surface area contributed by atoms with Gasteiger partial charge in [-0.2, -0.15) is 0 Å². The number of aryl methyl sites for hydroxylation is 1. The molecule has 0 saturated heterocycles. The zero-order valence-corrected chi connectivity index (χ0v) is 15.9. The number of halogens is 4. The molecule has 2 aromatic carbocycles. The first kappa shape index (κ1) is 18.8. The van der Waals surface area contributed by atoms with Gasteiger partial charge in [-0.25, -0.2) is 13.1 Å². The van der Waals surface area contributed by atoms with Crippen LogP contribution in [0.3, 0.4) is 0 Å². The average Bonchev–Trinajstić information content (AvgIpc) is 2.46. The van der Waals surface area contributed by atoms with Crippen LogP contribution in [0.15, 0.2) is 35.2 Å². The summed E-state index contributed by atoms with van der Waals surface area (Å²) in [5.41, 5.74) is 1.52. The Hall–Kier alpha value is -0.490. The van der Waals surface area contributed by atoms with Crippen LogP contribution in [0.1, 0.15) is 11.1 Å². The summed E-state index contributed by atoms with van der Waals surface area (Å²) in [6, 6.07) is 8.05. The highest BCUT2D eigenvalue weighted by Gasteiger charge is 2.19. The van der Waals surface area contributed by atoms with Gasteiger partial charge in [-0.3, -0.25) is 0 Å². The maximum absolute atomic E-state index is 12.3. The molecule has 0 unspecified atom stereocenters. The number of rotatable bonds is 5. The molecule has 23 heavy (non-hydrogen) atoms. The minimum absolute atomic E-state index is 0.00945. The van der Waals surface area contributed by atoms with Crippen molar-refractivity contribution in [1.29, 1.82) is 0 Å². The molecule has 0 atom stereocenters. The molecular formula is C15H13Cl4NO2S. The maximum atomic E-state index is 12.3. The predicted molar refractivity (Wildman–Crippen MR) is 96.6 cm³/mol. The Morgan fingerprint density at radius 3 is 2.26 bits per heavy atom. The molecule has 0 aliphatic rings. The Kier molecular flexibility index (Phi) is 6.22. The molecule has 0 radical (unpaired) electrons. The average molecular weight is 413 g/mol. The van der Waals surface area contributed by atoms with Crippen molar-refractivity contribution in [3.05, 3.63) is 61.5 Å². The molecule has 0 aromatic heterocycles. The van der Waals surface area contributed by atoms with Gasteiger partial charge >= 0.3 is 0 Å². The summed E-state index contributed by atoms with van der Waals surface area (Å²) < 4.78 is 27.2. The molecule has 2 rings (SSSR count). The smallest absolute Gasteiger partial charge is 0.211 e. The molecule has 0 aliphatic carbocycles. The Bertz CT molecular complexity index is 838. The third kappa shape index (κ3) is 4.75. The van der Waals surface area contributed by atoms with Gasteiger partial charge in [0.1, 0.15) is 4.90 Å². The fraction of sp³-hybridized carbons (Fsp3) is 0.200. The van der Waals surface area contributed by atoms with E-state index < -0.39 is 10.0 Å². The van der Waals surface area contributed by atoms with E-state index in [-0.39, 0.29) is 16.5 Å². The van der Waals surface area contributed by atoms with Crippen molar-refractivity contribution < 1.29 is 8.42 Å². The Morgan fingerprint density at radius 1 is 0.913 bits per heavy atom. The van der Waals surface area contributed by atoms with Gasteiger partial charge < -0.3 is 0 Å². The van der Waals surface area contributed by atoms with E-state index in [4.69, 9.17) is 46.4 Å². The minimum atomic E-state index is -3.72. The fourth-order valence-electron chi connectivity index (χ4n) is 1.94. The van der Waals surface area contributed by atoms with E-state index >= 15 is 0 Å². The van der Waals surface area contributed by atoms with Gasteiger partial charge in [0.25, 0.3) is 0 Å². The van der Waals surface area contributed by atoms with Gasteiger partial charge in [0, 0.05) is 11.6 Å². The molecule has 124 valence electrons. The highest BCUT2D eigenvalue weighted by Crippen LogP contribution is 2.28. The Labute approximate surface area is 155 Å². The molecule has 0 bridgehead atoms. The molecular weight excluding hydrogens is 400 g/mol. The maximum Gasteiger partial charge on any atom is 0.242 e. The standard InChI is InChI=1S/C15H13Cl4NO2S/c1-9-6-15(14(19)8-12(9)17)23(21,22)20-5-4-10-2-3-11(16)13(18)7-10/h2-3,6-8,20H,4-5H2,1H3. The summed E-state index contributed by atoms with van der Waals surface area (Å²) in [5.74, 6) is 0. The van der Waals surface area contributed by atoms with Crippen molar-refractivity contribution in [2.75, 3.05) is 6.54 Å². The fourth-order valence-corrected chi connectivity index (χ4v) is 4.12. The monoisotopic (exact) mass is 411 g/mol. The van der Waals surface area contributed by atoms with Gasteiger partial charge in [0.05, 0.1) is 15.1 Å². The molecule has 8 heteroatoms. The van der Waals surface area contributed by atoms with Crippen LogP contribution < -0.4 is 4.72 Å². The second kappa shape index (κ2) is 7.60. The van der Waals surface area contributed by atoms with Crippen molar-refractivity contribution >= 4 is 56.4 Å². The molecule has 0 amide bonds. The first-order chi connectivity index (χ1) is 10.7. The predicted octanol–water partition coefficient (Wildman–Crippen LogP) is 5.13. The van der Waals surface area contributed by atoms with Crippen LogP contribution in [0.25, 0.3) is 0 Å². The second-order valence-electron chi connectivity index (χ2n) is 4.93. The van der Waals surface area contributed by atoms with E-state index in [1.807, 2.05) is 0 Å². The van der Waals surface area contributed by atoms with E-state index in [0.29, 0.717) is 27.1 Å². The zero-order valence-electron chi connectivity index (χ0n) is 12.0. The number of hydrogen-bond acceptors (Lipinski definition) is 2. The molecule has 0 spiro atoms. The highest BCUT2D eigenvalue weighted by atomic mass is 35.5. The Morgan fingerprint density at radius 2 is 1.61 bits per heavy atom. The summed E-state index contributed by atoms with van der Waals surface area (Å²) in [5, 5.41) is 1.40.